The van der Waals surface area contributed by atoms with Gasteiger partial charge in [0.05, 0.1) is 0 Å². The SMILES string of the molecule is CC(CSc1ccccc1)C(=O)NCC1(NC(C)c2ccccc2)CCOCC1. The van der Waals surface area contributed by atoms with Gasteiger partial charge in [0.2, 0.25) is 5.91 Å². The van der Waals surface area contributed by atoms with Crippen molar-refractivity contribution in [2.24, 2.45) is 5.92 Å². The van der Waals surface area contributed by atoms with Crippen LogP contribution in [0, 0.1) is 5.92 Å². The summed E-state index contributed by atoms with van der Waals surface area (Å²) in [6.07, 6.45) is 1.80. The van der Waals surface area contributed by atoms with E-state index in [-0.39, 0.29) is 23.4 Å². The normalized spacial score (nSPS) is 18.0. The van der Waals surface area contributed by atoms with Crippen LogP contribution in [0.2, 0.25) is 0 Å². The fourth-order valence-electron chi connectivity index (χ4n) is 3.66. The quantitative estimate of drug-likeness (QED) is 0.598. The minimum atomic E-state index is -0.130. The highest BCUT2D eigenvalue weighted by Crippen LogP contribution is 2.25. The van der Waals surface area contributed by atoms with Crippen LogP contribution in [0.1, 0.15) is 38.3 Å². The Morgan fingerprint density at radius 2 is 1.66 bits per heavy atom. The molecule has 1 aliphatic heterocycles. The van der Waals surface area contributed by atoms with Crippen LogP contribution < -0.4 is 10.6 Å². The second-order valence-corrected chi connectivity index (χ2v) is 9.01. The lowest BCUT2D eigenvalue weighted by atomic mass is 9.88. The highest BCUT2D eigenvalue weighted by molar-refractivity contribution is 7.99. The van der Waals surface area contributed by atoms with E-state index in [0.717, 1.165) is 31.8 Å². The topological polar surface area (TPSA) is 50.4 Å². The van der Waals surface area contributed by atoms with Gasteiger partial charge in [-0.15, -0.1) is 11.8 Å². The van der Waals surface area contributed by atoms with Crippen molar-refractivity contribution in [1.82, 2.24) is 10.6 Å². The summed E-state index contributed by atoms with van der Waals surface area (Å²) in [6.45, 7) is 6.27. The fraction of sp³-hybridized carbons (Fsp3) is 0.458. The number of hydrogen-bond acceptors (Lipinski definition) is 4. The van der Waals surface area contributed by atoms with Gasteiger partial charge in [-0.25, -0.2) is 0 Å². The van der Waals surface area contributed by atoms with Gasteiger partial charge in [0.15, 0.2) is 0 Å². The molecule has 1 aliphatic rings. The van der Waals surface area contributed by atoms with Gasteiger partial charge >= 0.3 is 0 Å². The molecule has 0 bridgehead atoms. The zero-order chi connectivity index (χ0) is 20.5. The third-order valence-corrected chi connectivity index (χ3v) is 6.84. The average molecular weight is 413 g/mol. The largest absolute Gasteiger partial charge is 0.381 e. The third kappa shape index (κ3) is 6.59. The predicted molar refractivity (Wildman–Crippen MR) is 120 cm³/mol. The first-order chi connectivity index (χ1) is 14.1. The second kappa shape index (κ2) is 10.8. The van der Waals surface area contributed by atoms with E-state index in [9.17, 15) is 4.79 Å². The van der Waals surface area contributed by atoms with Gasteiger partial charge in [-0.2, -0.15) is 0 Å². The minimum absolute atomic E-state index is 0.0383. The molecule has 0 spiro atoms. The maximum atomic E-state index is 12.7. The number of nitrogens with one attached hydrogen (secondary N) is 2. The van der Waals surface area contributed by atoms with Gasteiger partial charge in [-0.3, -0.25) is 4.79 Å². The highest BCUT2D eigenvalue weighted by atomic mass is 32.2. The molecule has 2 unspecified atom stereocenters. The molecule has 1 fully saturated rings. The summed E-state index contributed by atoms with van der Waals surface area (Å²) in [7, 11) is 0. The molecule has 2 atom stereocenters. The maximum Gasteiger partial charge on any atom is 0.223 e. The van der Waals surface area contributed by atoms with Crippen molar-refractivity contribution in [1.29, 1.82) is 0 Å². The molecular formula is C24H32N2O2S. The number of carbonyl (C=O) groups is 1. The van der Waals surface area contributed by atoms with Crippen LogP contribution in [0.5, 0.6) is 0 Å². The minimum Gasteiger partial charge on any atom is -0.381 e. The number of thioether (sulfide) groups is 1. The van der Waals surface area contributed by atoms with Gasteiger partial charge in [-0.05, 0) is 37.5 Å². The average Bonchev–Trinajstić information content (AvgIpc) is 2.78. The number of rotatable bonds is 9. The Morgan fingerprint density at radius 1 is 1.03 bits per heavy atom. The summed E-state index contributed by atoms with van der Waals surface area (Å²) < 4.78 is 5.60. The number of hydrogen-bond donors (Lipinski definition) is 2. The lowest BCUT2D eigenvalue weighted by molar-refractivity contribution is -0.124. The Hall–Kier alpha value is -1.82. The maximum absolute atomic E-state index is 12.7. The van der Waals surface area contributed by atoms with Crippen molar-refractivity contribution in [2.75, 3.05) is 25.5 Å². The summed E-state index contributed by atoms with van der Waals surface area (Å²) in [5.41, 5.74) is 1.13. The Bertz CT molecular complexity index is 748. The zero-order valence-corrected chi connectivity index (χ0v) is 18.2. The number of amides is 1. The molecule has 4 nitrogen and oxygen atoms in total. The lowest BCUT2D eigenvalue weighted by Crippen LogP contribution is -2.57. The third-order valence-electron chi connectivity index (χ3n) is 5.56. The van der Waals surface area contributed by atoms with E-state index in [2.05, 4.69) is 54.0 Å². The van der Waals surface area contributed by atoms with Crippen molar-refractivity contribution in [2.45, 2.75) is 43.2 Å². The summed E-state index contributed by atoms with van der Waals surface area (Å²) >= 11 is 1.73. The van der Waals surface area contributed by atoms with Gasteiger partial charge in [0, 0.05) is 47.9 Å². The molecule has 156 valence electrons. The van der Waals surface area contributed by atoms with E-state index in [1.165, 1.54) is 10.5 Å². The molecule has 5 heteroatoms. The van der Waals surface area contributed by atoms with Gasteiger partial charge in [-0.1, -0.05) is 55.5 Å². The molecule has 0 radical (unpaired) electrons. The second-order valence-electron chi connectivity index (χ2n) is 7.91. The molecule has 1 amide bonds. The monoisotopic (exact) mass is 412 g/mol. The molecule has 2 aromatic carbocycles. The van der Waals surface area contributed by atoms with Crippen LogP contribution in [0.4, 0.5) is 0 Å². The van der Waals surface area contributed by atoms with E-state index in [1.807, 2.05) is 31.2 Å². The van der Waals surface area contributed by atoms with Crippen LogP contribution >= 0.6 is 11.8 Å². The van der Waals surface area contributed by atoms with Crippen molar-refractivity contribution in [3.05, 3.63) is 66.2 Å². The molecule has 0 saturated carbocycles. The first-order valence-corrected chi connectivity index (χ1v) is 11.4. The van der Waals surface area contributed by atoms with Crippen molar-refractivity contribution in [3.63, 3.8) is 0 Å². The first kappa shape index (κ1) is 21.9. The van der Waals surface area contributed by atoms with Crippen LogP contribution in [-0.4, -0.2) is 37.0 Å². The van der Waals surface area contributed by atoms with Crippen LogP contribution in [0.3, 0.4) is 0 Å². The molecule has 1 heterocycles. The Kier molecular flexibility index (Phi) is 8.16. The summed E-state index contributed by atoms with van der Waals surface area (Å²) in [6, 6.07) is 20.9. The van der Waals surface area contributed by atoms with Crippen molar-refractivity contribution in [3.8, 4) is 0 Å². The smallest absolute Gasteiger partial charge is 0.223 e. The lowest BCUT2D eigenvalue weighted by Gasteiger charge is -2.40. The molecule has 29 heavy (non-hydrogen) atoms. The molecule has 3 rings (SSSR count). The number of benzene rings is 2. The zero-order valence-electron chi connectivity index (χ0n) is 17.4. The number of carbonyl (C=O) groups excluding carboxylic acids is 1. The van der Waals surface area contributed by atoms with Crippen LogP contribution in [0.15, 0.2) is 65.6 Å². The highest BCUT2D eigenvalue weighted by Gasteiger charge is 2.34. The van der Waals surface area contributed by atoms with E-state index < -0.39 is 0 Å². The summed E-state index contributed by atoms with van der Waals surface area (Å²) in [4.78, 5) is 13.9. The first-order valence-electron chi connectivity index (χ1n) is 10.4. The molecule has 1 saturated heterocycles. The van der Waals surface area contributed by atoms with E-state index in [0.29, 0.717) is 6.54 Å². The standard InChI is InChI=1S/C24H32N2O2S/c1-19(17-29-22-11-7-4-8-12-22)23(27)25-18-24(13-15-28-16-14-24)26-20(2)21-9-5-3-6-10-21/h3-12,19-20,26H,13-18H2,1-2H3,(H,25,27). The Balaban J connectivity index is 1.54. The molecule has 0 aromatic heterocycles. The Labute approximate surface area is 178 Å². The molecular weight excluding hydrogens is 380 g/mol. The van der Waals surface area contributed by atoms with Crippen molar-refractivity contribution >= 4 is 17.7 Å². The van der Waals surface area contributed by atoms with E-state index in [1.54, 1.807) is 11.8 Å². The van der Waals surface area contributed by atoms with Crippen LogP contribution in [0.25, 0.3) is 0 Å². The summed E-state index contributed by atoms with van der Waals surface area (Å²) in [5.74, 6) is 0.858. The van der Waals surface area contributed by atoms with Gasteiger partial charge in [0.25, 0.3) is 0 Å². The molecule has 2 aromatic rings. The van der Waals surface area contributed by atoms with Crippen LogP contribution in [-0.2, 0) is 9.53 Å². The Morgan fingerprint density at radius 3 is 2.31 bits per heavy atom. The predicted octanol–water partition coefficient (Wildman–Crippen LogP) is 4.43. The van der Waals surface area contributed by atoms with Gasteiger partial charge in [0.1, 0.15) is 0 Å². The van der Waals surface area contributed by atoms with Gasteiger partial charge < -0.3 is 15.4 Å². The molecule has 2 N–H and O–H groups in total. The van der Waals surface area contributed by atoms with E-state index >= 15 is 0 Å². The van der Waals surface area contributed by atoms with E-state index in [4.69, 9.17) is 4.74 Å². The number of ether oxygens (including phenoxy) is 1. The molecule has 0 aliphatic carbocycles. The fourth-order valence-corrected chi connectivity index (χ4v) is 4.61. The van der Waals surface area contributed by atoms with Crippen molar-refractivity contribution < 1.29 is 9.53 Å². The summed E-state index contributed by atoms with van der Waals surface area (Å²) in [5, 5.41) is 7.02.